The molecule has 0 spiro atoms. The van der Waals surface area contributed by atoms with Gasteiger partial charge in [-0.1, -0.05) is 62.2 Å². The lowest BCUT2D eigenvalue weighted by atomic mass is 10.1. The molecule has 1 aliphatic rings. The molecule has 0 aliphatic carbocycles. The Bertz CT molecular complexity index is 1480. The third-order valence-electron chi connectivity index (χ3n) is 5.51. The maximum atomic E-state index is 14.7. The van der Waals surface area contributed by atoms with Crippen LogP contribution in [-0.2, 0) is 11.0 Å². The third kappa shape index (κ3) is 7.74. The maximum absolute atomic E-state index is 14.7. The van der Waals surface area contributed by atoms with Gasteiger partial charge < -0.3 is 5.32 Å². The maximum Gasteiger partial charge on any atom is 0.258 e. The molecule has 1 atom stereocenters. The van der Waals surface area contributed by atoms with Crippen molar-refractivity contribution in [2.45, 2.75) is 33.6 Å². The van der Waals surface area contributed by atoms with Gasteiger partial charge >= 0.3 is 0 Å². The monoisotopic (exact) mass is 565 g/mol. The molecule has 1 aromatic heterocycles. The van der Waals surface area contributed by atoms with Gasteiger partial charge in [0, 0.05) is 28.9 Å². The second-order valence-corrected chi connectivity index (χ2v) is 10.7. The van der Waals surface area contributed by atoms with Crippen molar-refractivity contribution in [3.05, 3.63) is 102 Å². The van der Waals surface area contributed by atoms with Crippen molar-refractivity contribution in [2.75, 3.05) is 21.9 Å². The molecule has 1 aliphatic heterocycles. The average molecular weight is 566 g/mol. The number of benzene rings is 3. The Morgan fingerprint density at radius 3 is 2.51 bits per heavy atom. The fraction of sp³-hybridized carbons (Fsp3) is 0.226. The first kappa shape index (κ1) is 30.0. The molecule has 8 heteroatoms. The van der Waals surface area contributed by atoms with E-state index in [4.69, 9.17) is 11.6 Å². The first-order valence-electron chi connectivity index (χ1n) is 12.8. The van der Waals surface area contributed by atoms with Gasteiger partial charge in [-0.05, 0) is 61.9 Å². The van der Waals surface area contributed by atoms with E-state index in [0.717, 1.165) is 17.3 Å². The standard InChI is InChI=1S/C25H19ClFN3O2S.C3H8.C3H6/c26-21-10-7-17(14-20(21)24-11-6-16-4-1-2-5-23(16)29-24)28-25(31)19-9-8-18(15-22(19)27)30-12-3-13-33(30)32;2*1-3-2/h1-2,4-11,14-15H,3,12-13H2,(H,28,31);3H2,1-2H3;3H,1H2,2H3. The van der Waals surface area contributed by atoms with Crippen molar-refractivity contribution in [3.8, 4) is 11.3 Å². The van der Waals surface area contributed by atoms with E-state index in [2.05, 4.69) is 30.7 Å². The number of halogens is 2. The van der Waals surface area contributed by atoms with Gasteiger partial charge in [0.1, 0.15) is 16.8 Å². The van der Waals surface area contributed by atoms with Crippen molar-refractivity contribution in [1.82, 2.24) is 4.98 Å². The van der Waals surface area contributed by atoms with Crippen LogP contribution < -0.4 is 9.62 Å². The highest BCUT2D eigenvalue weighted by atomic mass is 35.5. The van der Waals surface area contributed by atoms with E-state index in [1.165, 1.54) is 18.6 Å². The van der Waals surface area contributed by atoms with Gasteiger partial charge in [0.2, 0.25) is 0 Å². The van der Waals surface area contributed by atoms with Crippen molar-refractivity contribution in [1.29, 1.82) is 0 Å². The van der Waals surface area contributed by atoms with Gasteiger partial charge in [-0.2, -0.15) is 0 Å². The van der Waals surface area contributed by atoms with Crippen LogP contribution in [0.4, 0.5) is 15.8 Å². The topological polar surface area (TPSA) is 62.3 Å². The number of allylic oxidation sites excluding steroid dienone is 1. The molecule has 3 aromatic carbocycles. The number of nitrogens with one attached hydrogen (secondary N) is 1. The molecule has 39 heavy (non-hydrogen) atoms. The Hall–Kier alpha value is -3.55. The van der Waals surface area contributed by atoms with Gasteiger partial charge in [-0.3, -0.25) is 9.10 Å². The molecule has 5 rings (SSSR count). The number of nitrogens with zero attached hydrogens (tertiary/aromatic N) is 2. The normalized spacial score (nSPS) is 14.1. The highest BCUT2D eigenvalue weighted by Gasteiger charge is 2.22. The Morgan fingerprint density at radius 2 is 1.85 bits per heavy atom. The zero-order valence-corrected chi connectivity index (χ0v) is 24.0. The third-order valence-corrected chi connectivity index (χ3v) is 7.36. The molecule has 0 bridgehead atoms. The molecule has 0 radical (unpaired) electrons. The lowest BCUT2D eigenvalue weighted by Gasteiger charge is -2.16. The second-order valence-electron chi connectivity index (χ2n) is 8.80. The molecule has 204 valence electrons. The minimum Gasteiger partial charge on any atom is -0.322 e. The van der Waals surface area contributed by atoms with Gasteiger partial charge in [0.15, 0.2) is 0 Å². The zero-order chi connectivity index (χ0) is 28.4. The number of hydrogen-bond acceptors (Lipinski definition) is 3. The number of anilines is 2. The molecule has 5 nitrogen and oxygen atoms in total. The number of carbonyl (C=O) groups excluding carboxylic acids is 1. The smallest absolute Gasteiger partial charge is 0.258 e. The highest BCUT2D eigenvalue weighted by molar-refractivity contribution is 7.86. The van der Waals surface area contributed by atoms with Crippen molar-refractivity contribution in [3.63, 3.8) is 0 Å². The number of para-hydroxylation sites is 1. The van der Waals surface area contributed by atoms with Gasteiger partial charge in [-0.25, -0.2) is 13.6 Å². The summed E-state index contributed by atoms with van der Waals surface area (Å²) in [6, 6.07) is 20.9. The quantitative estimate of drug-likeness (QED) is 0.253. The zero-order valence-electron chi connectivity index (χ0n) is 22.4. The van der Waals surface area contributed by atoms with Crippen LogP contribution in [0.2, 0.25) is 5.02 Å². The Kier molecular flexibility index (Phi) is 11.2. The number of amides is 1. The SMILES string of the molecule is C=CC.CCC.O=C(Nc1ccc(Cl)c(-c2ccc3ccccc3n2)c1)c1ccc(N2CCCS2=O)cc1F. The number of pyridine rings is 1. The van der Waals surface area contributed by atoms with Crippen molar-refractivity contribution >= 4 is 50.8 Å². The highest BCUT2D eigenvalue weighted by Crippen LogP contribution is 2.31. The average Bonchev–Trinajstić information content (AvgIpc) is 3.36. The summed E-state index contributed by atoms with van der Waals surface area (Å²) in [6.45, 7) is 10.1. The van der Waals surface area contributed by atoms with Gasteiger partial charge in [-0.15, -0.1) is 6.58 Å². The van der Waals surface area contributed by atoms with Gasteiger partial charge in [0.25, 0.3) is 5.91 Å². The van der Waals surface area contributed by atoms with Crippen molar-refractivity contribution < 1.29 is 13.4 Å². The molecule has 1 N–H and O–H groups in total. The van der Waals surface area contributed by atoms with Crippen LogP contribution >= 0.6 is 11.6 Å². The van der Waals surface area contributed by atoms with Crippen LogP contribution in [0, 0.1) is 5.82 Å². The molecular weight excluding hydrogens is 533 g/mol. The number of rotatable bonds is 4. The second kappa shape index (κ2) is 14.6. The van der Waals surface area contributed by atoms with Crippen LogP contribution in [-0.4, -0.2) is 27.4 Å². The lowest BCUT2D eigenvalue weighted by molar-refractivity contribution is 0.102. The van der Waals surface area contributed by atoms with E-state index >= 15 is 0 Å². The predicted molar refractivity (Wildman–Crippen MR) is 163 cm³/mol. The summed E-state index contributed by atoms with van der Waals surface area (Å²) in [5.41, 5.74) is 3.05. The summed E-state index contributed by atoms with van der Waals surface area (Å²) in [5.74, 6) is -0.685. The largest absolute Gasteiger partial charge is 0.322 e. The molecule has 1 fully saturated rings. The lowest BCUT2D eigenvalue weighted by Crippen LogP contribution is -2.20. The summed E-state index contributed by atoms with van der Waals surface area (Å²) in [6.07, 6.45) is 3.79. The Morgan fingerprint density at radius 1 is 1.13 bits per heavy atom. The predicted octanol–water partition coefficient (Wildman–Crippen LogP) is 8.43. The fourth-order valence-electron chi connectivity index (χ4n) is 3.85. The minimum absolute atomic E-state index is 0.0935. The van der Waals surface area contributed by atoms with E-state index in [-0.39, 0.29) is 5.56 Å². The van der Waals surface area contributed by atoms with Crippen LogP contribution in [0.15, 0.2) is 85.5 Å². The molecule has 4 aromatic rings. The summed E-state index contributed by atoms with van der Waals surface area (Å²) >= 11 is 6.41. The minimum atomic E-state index is -1.15. The first-order valence-corrected chi connectivity index (χ1v) is 14.5. The molecular formula is C31H33ClFN3O2S. The van der Waals surface area contributed by atoms with E-state index < -0.39 is 22.7 Å². The molecule has 1 unspecified atom stereocenters. The molecule has 1 amide bonds. The Balaban J connectivity index is 0.000000643. The number of carbonyl (C=O) groups is 1. The molecule has 0 saturated carbocycles. The van der Waals surface area contributed by atoms with Crippen molar-refractivity contribution in [2.24, 2.45) is 0 Å². The Labute approximate surface area is 237 Å². The fourth-order valence-corrected chi connectivity index (χ4v) is 5.34. The van der Waals surface area contributed by atoms with E-state index in [9.17, 15) is 13.4 Å². The number of fused-ring (bicyclic) bond motifs is 1. The summed E-state index contributed by atoms with van der Waals surface area (Å²) in [4.78, 5) is 17.4. The summed E-state index contributed by atoms with van der Waals surface area (Å²) in [7, 11) is -1.15. The van der Waals surface area contributed by atoms with Crippen LogP contribution in [0.5, 0.6) is 0 Å². The van der Waals surface area contributed by atoms with Gasteiger partial charge in [0.05, 0.1) is 27.5 Å². The van der Waals surface area contributed by atoms with Crippen LogP contribution in [0.25, 0.3) is 22.2 Å². The van der Waals surface area contributed by atoms with E-state index in [1.807, 2.05) is 43.3 Å². The van der Waals surface area contributed by atoms with Crippen LogP contribution in [0.1, 0.15) is 44.0 Å². The first-order chi connectivity index (χ1) is 18.8. The number of hydrogen-bond donors (Lipinski definition) is 1. The number of aromatic nitrogens is 1. The molecule has 1 saturated heterocycles. The summed E-state index contributed by atoms with van der Waals surface area (Å²) < 4.78 is 28.4. The summed E-state index contributed by atoms with van der Waals surface area (Å²) in [5, 5.41) is 4.24. The molecule has 2 heterocycles. The van der Waals surface area contributed by atoms with Crippen LogP contribution in [0.3, 0.4) is 0 Å². The van der Waals surface area contributed by atoms with E-state index in [1.54, 1.807) is 34.6 Å². The van der Waals surface area contributed by atoms with E-state index in [0.29, 0.717) is 40.0 Å².